The molecule has 1 unspecified atom stereocenters. The van der Waals surface area contributed by atoms with Crippen LogP contribution >= 0.6 is 0 Å². The summed E-state index contributed by atoms with van der Waals surface area (Å²) in [6, 6.07) is 9.46. The first-order chi connectivity index (χ1) is 8.66. The number of hydrogen-bond acceptors (Lipinski definition) is 4. The van der Waals surface area contributed by atoms with Gasteiger partial charge in [0.25, 0.3) is 0 Å². The summed E-state index contributed by atoms with van der Waals surface area (Å²) >= 11 is 0. The summed E-state index contributed by atoms with van der Waals surface area (Å²) in [6.45, 7) is 1.59. The maximum Gasteiger partial charge on any atom is 0.332 e. The van der Waals surface area contributed by atoms with Crippen molar-refractivity contribution in [3.8, 4) is 11.5 Å². The van der Waals surface area contributed by atoms with E-state index in [0.29, 0.717) is 11.6 Å². The number of benzene rings is 1. The molecule has 0 amide bonds. The molecule has 0 saturated carbocycles. The minimum atomic E-state index is -0.998. The Kier molecular flexibility index (Phi) is 3.74. The lowest BCUT2D eigenvalue weighted by atomic mass is 10.2. The minimum Gasteiger partial charge on any atom is -0.479 e. The second kappa shape index (κ2) is 5.46. The molecule has 0 radical (unpaired) electrons. The van der Waals surface area contributed by atoms with Crippen LogP contribution in [0, 0.1) is 0 Å². The number of oxazole rings is 1. The van der Waals surface area contributed by atoms with Crippen LogP contribution in [-0.2, 0) is 16.1 Å². The molecule has 0 spiro atoms. The third-order valence-corrected chi connectivity index (χ3v) is 2.40. The van der Waals surface area contributed by atoms with E-state index in [4.69, 9.17) is 14.3 Å². The molecule has 5 heteroatoms. The van der Waals surface area contributed by atoms with Crippen LogP contribution in [0.5, 0.6) is 0 Å². The smallest absolute Gasteiger partial charge is 0.332 e. The Morgan fingerprint density at radius 1 is 1.44 bits per heavy atom. The molecular formula is C13H13NO4. The van der Waals surface area contributed by atoms with Gasteiger partial charge in [0.2, 0.25) is 5.89 Å². The van der Waals surface area contributed by atoms with E-state index in [2.05, 4.69) is 4.98 Å². The molecule has 0 saturated heterocycles. The van der Waals surface area contributed by atoms with Crippen LogP contribution in [0.3, 0.4) is 0 Å². The quantitative estimate of drug-likeness (QED) is 0.877. The second-order valence-electron chi connectivity index (χ2n) is 3.80. The molecule has 18 heavy (non-hydrogen) atoms. The molecular weight excluding hydrogens is 234 g/mol. The zero-order valence-corrected chi connectivity index (χ0v) is 9.87. The fourth-order valence-electron chi connectivity index (χ4n) is 1.37. The Labute approximate surface area is 104 Å². The number of nitrogens with zero attached hydrogens (tertiary/aromatic N) is 1. The summed E-state index contributed by atoms with van der Waals surface area (Å²) < 4.78 is 10.4. The monoisotopic (exact) mass is 247 g/mol. The van der Waals surface area contributed by atoms with Gasteiger partial charge in [0.05, 0.1) is 6.61 Å². The Hall–Kier alpha value is -2.14. The summed E-state index contributed by atoms with van der Waals surface area (Å²) in [5, 5.41) is 8.67. The first kappa shape index (κ1) is 12.3. The van der Waals surface area contributed by atoms with Gasteiger partial charge in [-0.1, -0.05) is 18.2 Å². The van der Waals surface area contributed by atoms with Crippen molar-refractivity contribution in [1.82, 2.24) is 4.98 Å². The van der Waals surface area contributed by atoms with Crippen molar-refractivity contribution in [3.63, 3.8) is 0 Å². The number of aromatic nitrogens is 1. The summed E-state index contributed by atoms with van der Waals surface area (Å²) in [6.07, 6.45) is 0.610. The molecule has 2 rings (SSSR count). The number of carboxylic acid groups (broad SMARTS) is 1. The molecule has 0 fully saturated rings. The predicted molar refractivity (Wildman–Crippen MR) is 63.8 cm³/mol. The number of aliphatic carboxylic acids is 1. The molecule has 0 aliphatic rings. The molecule has 1 N–H and O–H groups in total. The van der Waals surface area contributed by atoms with Gasteiger partial charge in [-0.05, 0) is 19.1 Å². The molecule has 2 aromatic rings. The van der Waals surface area contributed by atoms with Gasteiger partial charge >= 0.3 is 5.97 Å². The molecule has 5 nitrogen and oxygen atoms in total. The van der Waals surface area contributed by atoms with Gasteiger partial charge in [-0.25, -0.2) is 9.78 Å². The van der Waals surface area contributed by atoms with Gasteiger partial charge in [0.1, 0.15) is 12.0 Å². The standard InChI is InChI=1S/C13H13NO4/c1-9(13(15)16)17-7-11-8-18-12(14-11)10-5-3-2-4-6-10/h2-6,8-9H,7H2,1H3,(H,15,16). The molecule has 1 heterocycles. The third kappa shape index (κ3) is 2.95. The zero-order chi connectivity index (χ0) is 13.0. The number of ether oxygens (including phenoxy) is 1. The van der Waals surface area contributed by atoms with E-state index in [0.717, 1.165) is 5.56 Å². The Morgan fingerprint density at radius 2 is 2.17 bits per heavy atom. The minimum absolute atomic E-state index is 0.115. The highest BCUT2D eigenvalue weighted by molar-refractivity contribution is 5.71. The van der Waals surface area contributed by atoms with E-state index < -0.39 is 12.1 Å². The van der Waals surface area contributed by atoms with Crippen molar-refractivity contribution in [1.29, 1.82) is 0 Å². The molecule has 0 bridgehead atoms. The van der Waals surface area contributed by atoms with Crippen molar-refractivity contribution in [2.24, 2.45) is 0 Å². The normalized spacial score (nSPS) is 12.3. The van der Waals surface area contributed by atoms with Crippen molar-refractivity contribution in [2.75, 3.05) is 0 Å². The highest BCUT2D eigenvalue weighted by Crippen LogP contribution is 2.18. The lowest BCUT2D eigenvalue weighted by molar-refractivity contribution is -0.149. The van der Waals surface area contributed by atoms with Crippen molar-refractivity contribution in [3.05, 3.63) is 42.3 Å². The average molecular weight is 247 g/mol. The van der Waals surface area contributed by atoms with Crippen LogP contribution < -0.4 is 0 Å². The van der Waals surface area contributed by atoms with Crippen LogP contribution in [0.2, 0.25) is 0 Å². The van der Waals surface area contributed by atoms with Gasteiger partial charge in [-0.15, -0.1) is 0 Å². The fraction of sp³-hybridized carbons (Fsp3) is 0.231. The van der Waals surface area contributed by atoms with Crippen LogP contribution in [0.1, 0.15) is 12.6 Å². The largest absolute Gasteiger partial charge is 0.479 e. The van der Waals surface area contributed by atoms with Crippen molar-refractivity contribution in [2.45, 2.75) is 19.6 Å². The lowest BCUT2D eigenvalue weighted by Gasteiger charge is -2.05. The fourth-order valence-corrected chi connectivity index (χ4v) is 1.37. The van der Waals surface area contributed by atoms with E-state index in [1.807, 2.05) is 30.3 Å². The maximum absolute atomic E-state index is 10.6. The zero-order valence-electron chi connectivity index (χ0n) is 9.87. The first-order valence-corrected chi connectivity index (χ1v) is 5.51. The first-order valence-electron chi connectivity index (χ1n) is 5.51. The number of carboxylic acids is 1. The summed E-state index contributed by atoms with van der Waals surface area (Å²) in [4.78, 5) is 14.8. The van der Waals surface area contributed by atoms with Crippen LogP contribution in [-0.4, -0.2) is 22.2 Å². The average Bonchev–Trinajstić information content (AvgIpc) is 2.85. The number of carbonyl (C=O) groups is 1. The van der Waals surface area contributed by atoms with Gasteiger partial charge in [0, 0.05) is 5.56 Å². The van der Waals surface area contributed by atoms with E-state index in [9.17, 15) is 4.79 Å². The van der Waals surface area contributed by atoms with Gasteiger partial charge in [-0.2, -0.15) is 0 Å². The van der Waals surface area contributed by atoms with Crippen molar-refractivity contribution < 1.29 is 19.1 Å². The van der Waals surface area contributed by atoms with Crippen LogP contribution in [0.15, 0.2) is 41.0 Å². The van der Waals surface area contributed by atoms with Crippen molar-refractivity contribution >= 4 is 5.97 Å². The second-order valence-corrected chi connectivity index (χ2v) is 3.80. The Morgan fingerprint density at radius 3 is 2.83 bits per heavy atom. The van der Waals surface area contributed by atoms with E-state index in [1.54, 1.807) is 0 Å². The molecule has 0 aliphatic heterocycles. The highest BCUT2D eigenvalue weighted by Gasteiger charge is 2.13. The third-order valence-electron chi connectivity index (χ3n) is 2.40. The molecule has 94 valence electrons. The molecule has 1 atom stereocenters. The topological polar surface area (TPSA) is 72.6 Å². The summed E-state index contributed by atoms with van der Waals surface area (Å²) in [5.74, 6) is -0.501. The maximum atomic E-state index is 10.6. The van der Waals surface area contributed by atoms with Crippen LogP contribution in [0.4, 0.5) is 0 Å². The molecule has 0 aliphatic carbocycles. The Balaban J connectivity index is 2.01. The summed E-state index contributed by atoms with van der Waals surface area (Å²) in [5.41, 5.74) is 1.44. The van der Waals surface area contributed by atoms with Gasteiger partial charge < -0.3 is 14.3 Å². The van der Waals surface area contributed by atoms with E-state index in [1.165, 1.54) is 13.2 Å². The van der Waals surface area contributed by atoms with Gasteiger partial charge in [-0.3, -0.25) is 0 Å². The predicted octanol–water partition coefficient (Wildman–Crippen LogP) is 2.33. The summed E-state index contributed by atoms with van der Waals surface area (Å²) in [7, 11) is 0. The van der Waals surface area contributed by atoms with Crippen LogP contribution in [0.25, 0.3) is 11.5 Å². The Bertz CT molecular complexity index is 521. The highest BCUT2D eigenvalue weighted by atomic mass is 16.5. The van der Waals surface area contributed by atoms with Gasteiger partial charge in [0.15, 0.2) is 6.10 Å². The number of rotatable bonds is 5. The van der Waals surface area contributed by atoms with E-state index in [-0.39, 0.29) is 6.61 Å². The number of hydrogen-bond donors (Lipinski definition) is 1. The lowest BCUT2D eigenvalue weighted by Crippen LogP contribution is -2.19. The van der Waals surface area contributed by atoms with E-state index >= 15 is 0 Å². The SMILES string of the molecule is CC(OCc1coc(-c2ccccc2)n1)C(=O)O. The molecule has 1 aromatic carbocycles. The molecule has 1 aromatic heterocycles.